The van der Waals surface area contributed by atoms with Gasteiger partial charge < -0.3 is 15.2 Å². The summed E-state index contributed by atoms with van der Waals surface area (Å²) in [6.45, 7) is 6.30. The molecule has 0 heterocycles. The molecule has 1 aromatic rings. The molecular formula is C14H21Cl2NO2. The van der Waals surface area contributed by atoms with Crippen LogP contribution in [-0.4, -0.2) is 31.0 Å². The molecule has 1 aromatic carbocycles. The molecule has 0 fully saturated rings. The zero-order valence-corrected chi connectivity index (χ0v) is 12.8. The Balaban J connectivity index is 2.20. The van der Waals surface area contributed by atoms with Crippen LogP contribution in [0.1, 0.15) is 19.4 Å². The van der Waals surface area contributed by atoms with E-state index in [0.29, 0.717) is 42.3 Å². The smallest absolute Gasteiger partial charge is 0.0897 e. The highest BCUT2D eigenvalue weighted by Crippen LogP contribution is 2.22. The molecule has 19 heavy (non-hydrogen) atoms. The van der Waals surface area contributed by atoms with E-state index in [1.54, 1.807) is 6.07 Å². The average molecular weight is 306 g/mol. The van der Waals surface area contributed by atoms with Crippen molar-refractivity contribution < 1.29 is 9.84 Å². The molecular weight excluding hydrogens is 285 g/mol. The van der Waals surface area contributed by atoms with Gasteiger partial charge in [-0.2, -0.15) is 0 Å². The van der Waals surface area contributed by atoms with Gasteiger partial charge in [0.25, 0.3) is 0 Å². The largest absolute Gasteiger partial charge is 0.389 e. The van der Waals surface area contributed by atoms with Crippen LogP contribution in [0.3, 0.4) is 0 Å². The lowest BCUT2D eigenvalue weighted by Crippen LogP contribution is -2.30. The Bertz CT molecular complexity index is 386. The van der Waals surface area contributed by atoms with Crippen molar-refractivity contribution in [1.29, 1.82) is 0 Å². The Morgan fingerprint density at radius 3 is 2.58 bits per heavy atom. The molecule has 1 unspecified atom stereocenters. The number of nitrogens with one attached hydrogen (secondary N) is 1. The Labute approximate surface area is 124 Å². The van der Waals surface area contributed by atoms with Crippen LogP contribution in [0.4, 0.5) is 0 Å². The zero-order valence-electron chi connectivity index (χ0n) is 11.3. The van der Waals surface area contributed by atoms with Crippen molar-refractivity contribution in [2.24, 2.45) is 5.92 Å². The van der Waals surface area contributed by atoms with Gasteiger partial charge in [0.1, 0.15) is 0 Å². The summed E-state index contributed by atoms with van der Waals surface area (Å²) in [4.78, 5) is 0. The highest BCUT2D eigenvalue weighted by atomic mass is 35.5. The van der Waals surface area contributed by atoms with Crippen molar-refractivity contribution in [2.45, 2.75) is 26.5 Å². The lowest BCUT2D eigenvalue weighted by molar-refractivity contribution is 0.0260. The normalized spacial score (nSPS) is 12.9. The predicted molar refractivity (Wildman–Crippen MR) is 79.8 cm³/mol. The zero-order chi connectivity index (χ0) is 14.3. The standard InChI is InChI=1S/C14H21Cl2NO2/c1-10(2)8-19-9-12(18)7-17-6-11-3-4-13(15)14(16)5-11/h3-5,10,12,17-18H,6-9H2,1-2H3. The molecule has 1 atom stereocenters. The minimum absolute atomic E-state index is 0.354. The van der Waals surface area contributed by atoms with Gasteiger partial charge in [0.05, 0.1) is 22.8 Å². The van der Waals surface area contributed by atoms with Gasteiger partial charge in [-0.15, -0.1) is 0 Å². The number of aliphatic hydroxyl groups is 1. The summed E-state index contributed by atoms with van der Waals surface area (Å²) in [6.07, 6.45) is -0.499. The Kier molecular flexibility index (Phi) is 7.73. The fourth-order valence-corrected chi connectivity index (χ4v) is 1.85. The maximum atomic E-state index is 9.70. The Morgan fingerprint density at radius 2 is 1.95 bits per heavy atom. The van der Waals surface area contributed by atoms with Crippen molar-refractivity contribution in [3.8, 4) is 0 Å². The van der Waals surface area contributed by atoms with Crippen LogP contribution in [-0.2, 0) is 11.3 Å². The summed E-state index contributed by atoms with van der Waals surface area (Å²) in [5.41, 5.74) is 1.03. The molecule has 2 N–H and O–H groups in total. The summed E-state index contributed by atoms with van der Waals surface area (Å²) in [6, 6.07) is 5.49. The van der Waals surface area contributed by atoms with E-state index in [-0.39, 0.29) is 0 Å². The molecule has 0 amide bonds. The molecule has 0 aromatic heterocycles. The van der Waals surface area contributed by atoms with Gasteiger partial charge in [-0.05, 0) is 23.6 Å². The van der Waals surface area contributed by atoms with Gasteiger partial charge in [0.15, 0.2) is 0 Å². The Morgan fingerprint density at radius 1 is 1.21 bits per heavy atom. The highest BCUT2D eigenvalue weighted by Gasteiger charge is 2.05. The van der Waals surface area contributed by atoms with Gasteiger partial charge in [-0.1, -0.05) is 43.1 Å². The maximum Gasteiger partial charge on any atom is 0.0897 e. The van der Waals surface area contributed by atoms with E-state index in [2.05, 4.69) is 19.2 Å². The van der Waals surface area contributed by atoms with E-state index in [4.69, 9.17) is 27.9 Å². The molecule has 0 saturated carbocycles. The van der Waals surface area contributed by atoms with E-state index in [9.17, 15) is 5.11 Å². The van der Waals surface area contributed by atoms with Gasteiger partial charge in [-0.3, -0.25) is 0 Å². The van der Waals surface area contributed by atoms with E-state index >= 15 is 0 Å². The van der Waals surface area contributed by atoms with Crippen LogP contribution >= 0.6 is 23.2 Å². The van der Waals surface area contributed by atoms with Crippen molar-refractivity contribution in [2.75, 3.05) is 19.8 Å². The van der Waals surface area contributed by atoms with Crippen molar-refractivity contribution >= 4 is 23.2 Å². The third kappa shape index (κ3) is 7.14. The van der Waals surface area contributed by atoms with Gasteiger partial charge in [-0.25, -0.2) is 0 Å². The van der Waals surface area contributed by atoms with Crippen LogP contribution in [0.25, 0.3) is 0 Å². The number of aliphatic hydroxyl groups excluding tert-OH is 1. The molecule has 0 spiro atoms. The van der Waals surface area contributed by atoms with Crippen molar-refractivity contribution in [3.63, 3.8) is 0 Å². The summed E-state index contributed by atoms with van der Waals surface area (Å²) < 4.78 is 5.37. The fourth-order valence-electron chi connectivity index (χ4n) is 1.53. The molecule has 0 aliphatic carbocycles. The first kappa shape index (κ1) is 16.7. The number of hydrogen-bond acceptors (Lipinski definition) is 3. The van der Waals surface area contributed by atoms with E-state index in [1.165, 1.54) is 0 Å². The highest BCUT2D eigenvalue weighted by molar-refractivity contribution is 6.42. The topological polar surface area (TPSA) is 41.5 Å². The second kappa shape index (κ2) is 8.77. The quantitative estimate of drug-likeness (QED) is 0.775. The molecule has 108 valence electrons. The molecule has 0 bridgehead atoms. The number of benzene rings is 1. The number of hydrogen-bond donors (Lipinski definition) is 2. The van der Waals surface area contributed by atoms with Crippen LogP contribution < -0.4 is 5.32 Å². The summed E-state index contributed by atoms with van der Waals surface area (Å²) in [5.74, 6) is 0.483. The van der Waals surface area contributed by atoms with Crippen LogP contribution in [0.2, 0.25) is 10.0 Å². The van der Waals surface area contributed by atoms with Gasteiger partial charge >= 0.3 is 0 Å². The first-order valence-corrected chi connectivity index (χ1v) is 7.15. The van der Waals surface area contributed by atoms with Gasteiger partial charge in [0, 0.05) is 19.7 Å². The number of halogens is 2. The SMILES string of the molecule is CC(C)COCC(O)CNCc1ccc(Cl)c(Cl)c1. The molecule has 1 rings (SSSR count). The molecule has 0 aliphatic heterocycles. The molecule has 5 heteroatoms. The van der Waals surface area contributed by atoms with E-state index in [1.807, 2.05) is 12.1 Å². The third-order valence-electron chi connectivity index (χ3n) is 2.45. The fraction of sp³-hybridized carbons (Fsp3) is 0.571. The number of ether oxygens (including phenoxy) is 1. The molecule has 0 saturated heterocycles. The summed E-state index contributed by atoms with van der Waals surface area (Å²) in [5, 5.41) is 14.0. The molecule has 0 radical (unpaired) electrons. The van der Waals surface area contributed by atoms with E-state index in [0.717, 1.165) is 5.56 Å². The average Bonchev–Trinajstić information content (AvgIpc) is 2.33. The van der Waals surface area contributed by atoms with E-state index < -0.39 is 6.10 Å². The van der Waals surface area contributed by atoms with Crippen molar-refractivity contribution in [1.82, 2.24) is 5.32 Å². The minimum atomic E-state index is -0.499. The summed E-state index contributed by atoms with van der Waals surface area (Å²) >= 11 is 11.8. The third-order valence-corrected chi connectivity index (χ3v) is 3.19. The first-order chi connectivity index (χ1) is 8.99. The summed E-state index contributed by atoms with van der Waals surface area (Å²) in [7, 11) is 0. The predicted octanol–water partition coefficient (Wildman–Crippen LogP) is 3.12. The minimum Gasteiger partial charge on any atom is -0.389 e. The lowest BCUT2D eigenvalue weighted by Gasteiger charge is -2.13. The molecule has 0 aliphatic rings. The second-order valence-electron chi connectivity index (χ2n) is 4.96. The van der Waals surface area contributed by atoms with Crippen molar-refractivity contribution in [3.05, 3.63) is 33.8 Å². The Hall–Kier alpha value is -0.320. The van der Waals surface area contributed by atoms with Crippen LogP contribution in [0, 0.1) is 5.92 Å². The lowest BCUT2D eigenvalue weighted by atomic mass is 10.2. The monoisotopic (exact) mass is 305 g/mol. The molecule has 3 nitrogen and oxygen atoms in total. The first-order valence-electron chi connectivity index (χ1n) is 6.39. The second-order valence-corrected chi connectivity index (χ2v) is 5.78. The van der Waals surface area contributed by atoms with Gasteiger partial charge in [0.2, 0.25) is 0 Å². The van der Waals surface area contributed by atoms with Crippen LogP contribution in [0.5, 0.6) is 0 Å². The van der Waals surface area contributed by atoms with Crippen LogP contribution in [0.15, 0.2) is 18.2 Å². The number of rotatable bonds is 8. The maximum absolute atomic E-state index is 9.70.